The Balaban J connectivity index is 3.24. The predicted octanol–water partition coefficient (Wildman–Crippen LogP) is 1.29. The third-order valence-corrected chi connectivity index (χ3v) is 2.48. The molecule has 0 bridgehead atoms. The summed E-state index contributed by atoms with van der Waals surface area (Å²) in [6.07, 6.45) is 3.65. The first-order chi connectivity index (χ1) is 7.70. The second kappa shape index (κ2) is 10.9. The van der Waals surface area contributed by atoms with Crippen LogP contribution in [0.5, 0.6) is 0 Å². The molecular formula is C12H26N2O2. The molecule has 16 heavy (non-hydrogen) atoms. The average molecular weight is 230 g/mol. The number of amides is 1. The van der Waals surface area contributed by atoms with E-state index in [1.54, 1.807) is 0 Å². The summed E-state index contributed by atoms with van der Waals surface area (Å²) in [6.45, 7) is 6.84. The van der Waals surface area contributed by atoms with Gasteiger partial charge in [-0.3, -0.25) is 4.79 Å². The Morgan fingerprint density at radius 1 is 1.44 bits per heavy atom. The van der Waals surface area contributed by atoms with Gasteiger partial charge in [-0.25, -0.2) is 0 Å². The molecule has 0 radical (unpaired) electrons. The molecule has 0 heterocycles. The summed E-state index contributed by atoms with van der Waals surface area (Å²) >= 11 is 0. The minimum Gasteiger partial charge on any atom is -0.380 e. The van der Waals surface area contributed by atoms with E-state index in [0.29, 0.717) is 32.0 Å². The Kier molecular flexibility index (Phi) is 10.5. The summed E-state index contributed by atoms with van der Waals surface area (Å²) in [5.41, 5.74) is 5.47. The van der Waals surface area contributed by atoms with E-state index in [9.17, 15) is 4.79 Å². The number of rotatable bonds is 10. The molecule has 96 valence electrons. The molecule has 0 aromatic carbocycles. The van der Waals surface area contributed by atoms with Crippen LogP contribution in [0.25, 0.3) is 0 Å². The summed E-state index contributed by atoms with van der Waals surface area (Å²) in [4.78, 5) is 11.3. The highest BCUT2D eigenvalue weighted by Crippen LogP contribution is 2.02. The van der Waals surface area contributed by atoms with Crippen LogP contribution in [0.3, 0.4) is 0 Å². The molecule has 0 aromatic rings. The van der Waals surface area contributed by atoms with Crippen molar-refractivity contribution < 1.29 is 9.53 Å². The van der Waals surface area contributed by atoms with Gasteiger partial charge in [0, 0.05) is 19.6 Å². The number of hydrogen-bond donors (Lipinski definition) is 2. The van der Waals surface area contributed by atoms with Gasteiger partial charge in [-0.05, 0) is 25.3 Å². The van der Waals surface area contributed by atoms with Crippen molar-refractivity contribution in [1.29, 1.82) is 0 Å². The van der Waals surface area contributed by atoms with E-state index in [2.05, 4.69) is 19.2 Å². The molecule has 4 nitrogen and oxygen atoms in total. The first-order valence-electron chi connectivity index (χ1n) is 6.25. The van der Waals surface area contributed by atoms with Crippen molar-refractivity contribution in [3.63, 3.8) is 0 Å². The summed E-state index contributed by atoms with van der Waals surface area (Å²) in [5, 5.41) is 2.83. The predicted molar refractivity (Wildman–Crippen MR) is 66.2 cm³/mol. The fourth-order valence-corrected chi connectivity index (χ4v) is 1.19. The molecule has 0 aliphatic heterocycles. The fourth-order valence-electron chi connectivity index (χ4n) is 1.19. The van der Waals surface area contributed by atoms with Gasteiger partial charge in [-0.1, -0.05) is 20.3 Å². The minimum absolute atomic E-state index is 0.0967. The second-order valence-electron chi connectivity index (χ2n) is 4.20. The van der Waals surface area contributed by atoms with E-state index in [1.165, 1.54) is 0 Å². The number of carbonyl (C=O) groups excluding carboxylic acids is 1. The third kappa shape index (κ3) is 9.93. The van der Waals surface area contributed by atoms with Crippen molar-refractivity contribution in [2.45, 2.75) is 39.5 Å². The van der Waals surface area contributed by atoms with Crippen molar-refractivity contribution in [3.8, 4) is 0 Å². The van der Waals surface area contributed by atoms with Crippen molar-refractivity contribution >= 4 is 5.91 Å². The molecule has 0 rings (SSSR count). The second-order valence-corrected chi connectivity index (χ2v) is 4.20. The Labute approximate surface area is 98.9 Å². The Morgan fingerprint density at radius 3 is 2.81 bits per heavy atom. The number of unbranched alkanes of at least 4 members (excludes halogenated alkanes) is 1. The van der Waals surface area contributed by atoms with Crippen LogP contribution in [0.1, 0.15) is 39.5 Å². The number of ether oxygens (including phenoxy) is 1. The standard InChI is InChI=1S/C12H26N2O2/c1-3-4-8-16-9-7-14-12(15)6-5-11(2)10-13/h11H,3-10,13H2,1-2H3,(H,14,15). The number of nitrogens with one attached hydrogen (secondary N) is 1. The first-order valence-corrected chi connectivity index (χ1v) is 6.25. The van der Waals surface area contributed by atoms with Crippen LogP contribution in [0.15, 0.2) is 0 Å². The molecule has 0 spiro atoms. The maximum Gasteiger partial charge on any atom is 0.220 e. The molecule has 0 aliphatic carbocycles. The van der Waals surface area contributed by atoms with Crippen molar-refractivity contribution in [2.75, 3.05) is 26.3 Å². The van der Waals surface area contributed by atoms with Gasteiger partial charge in [0.25, 0.3) is 0 Å². The first kappa shape index (κ1) is 15.4. The third-order valence-electron chi connectivity index (χ3n) is 2.48. The molecule has 1 atom stereocenters. The van der Waals surface area contributed by atoms with E-state index >= 15 is 0 Å². The van der Waals surface area contributed by atoms with Gasteiger partial charge >= 0.3 is 0 Å². The monoisotopic (exact) mass is 230 g/mol. The van der Waals surface area contributed by atoms with Gasteiger partial charge in [-0.15, -0.1) is 0 Å². The summed E-state index contributed by atoms with van der Waals surface area (Å²) in [7, 11) is 0. The summed E-state index contributed by atoms with van der Waals surface area (Å²) < 4.78 is 5.34. The minimum atomic E-state index is 0.0967. The van der Waals surface area contributed by atoms with Crippen molar-refractivity contribution in [1.82, 2.24) is 5.32 Å². The van der Waals surface area contributed by atoms with Crippen molar-refractivity contribution in [3.05, 3.63) is 0 Å². The maximum absolute atomic E-state index is 11.3. The highest BCUT2D eigenvalue weighted by molar-refractivity contribution is 5.75. The van der Waals surface area contributed by atoms with Gasteiger partial charge in [0.2, 0.25) is 5.91 Å². The van der Waals surface area contributed by atoms with Crippen LogP contribution < -0.4 is 11.1 Å². The van der Waals surface area contributed by atoms with Gasteiger partial charge in [-0.2, -0.15) is 0 Å². The molecule has 4 heteroatoms. The van der Waals surface area contributed by atoms with Crippen LogP contribution in [0, 0.1) is 5.92 Å². The van der Waals surface area contributed by atoms with E-state index in [4.69, 9.17) is 10.5 Å². The van der Waals surface area contributed by atoms with E-state index in [0.717, 1.165) is 25.9 Å². The van der Waals surface area contributed by atoms with E-state index in [-0.39, 0.29) is 5.91 Å². The molecule has 0 aromatic heterocycles. The fraction of sp³-hybridized carbons (Fsp3) is 0.917. The van der Waals surface area contributed by atoms with Gasteiger partial charge in [0.15, 0.2) is 0 Å². The topological polar surface area (TPSA) is 64.3 Å². The lowest BCUT2D eigenvalue weighted by Crippen LogP contribution is -2.28. The normalized spacial score (nSPS) is 12.4. The lowest BCUT2D eigenvalue weighted by Gasteiger charge is -2.08. The molecule has 1 amide bonds. The quantitative estimate of drug-likeness (QED) is 0.556. The van der Waals surface area contributed by atoms with Gasteiger partial charge in [0.1, 0.15) is 0 Å². The Morgan fingerprint density at radius 2 is 2.19 bits per heavy atom. The van der Waals surface area contributed by atoms with E-state index in [1.807, 2.05) is 0 Å². The van der Waals surface area contributed by atoms with Crippen LogP contribution in [0.4, 0.5) is 0 Å². The van der Waals surface area contributed by atoms with Gasteiger partial charge in [0.05, 0.1) is 6.61 Å². The molecule has 1 unspecified atom stereocenters. The molecule has 0 saturated heterocycles. The van der Waals surface area contributed by atoms with Crippen LogP contribution >= 0.6 is 0 Å². The molecule has 0 saturated carbocycles. The lowest BCUT2D eigenvalue weighted by molar-refractivity contribution is -0.121. The zero-order valence-electron chi connectivity index (χ0n) is 10.6. The van der Waals surface area contributed by atoms with Crippen LogP contribution in [-0.2, 0) is 9.53 Å². The van der Waals surface area contributed by atoms with Gasteiger partial charge < -0.3 is 15.8 Å². The smallest absolute Gasteiger partial charge is 0.220 e. The molecule has 0 fully saturated rings. The SMILES string of the molecule is CCCCOCCNC(=O)CCC(C)CN. The largest absolute Gasteiger partial charge is 0.380 e. The zero-order valence-corrected chi connectivity index (χ0v) is 10.6. The number of carbonyl (C=O) groups is 1. The molecule has 3 N–H and O–H groups in total. The lowest BCUT2D eigenvalue weighted by atomic mass is 10.1. The average Bonchev–Trinajstić information content (AvgIpc) is 2.30. The Bertz CT molecular complexity index is 174. The summed E-state index contributed by atoms with van der Waals surface area (Å²) in [6, 6.07) is 0. The maximum atomic E-state index is 11.3. The highest BCUT2D eigenvalue weighted by atomic mass is 16.5. The number of hydrogen-bond acceptors (Lipinski definition) is 3. The van der Waals surface area contributed by atoms with Crippen LogP contribution in [0.2, 0.25) is 0 Å². The van der Waals surface area contributed by atoms with Crippen molar-refractivity contribution in [2.24, 2.45) is 11.7 Å². The molecule has 0 aliphatic rings. The van der Waals surface area contributed by atoms with E-state index < -0.39 is 0 Å². The summed E-state index contributed by atoms with van der Waals surface area (Å²) in [5.74, 6) is 0.519. The highest BCUT2D eigenvalue weighted by Gasteiger charge is 2.04. The zero-order chi connectivity index (χ0) is 12.2. The Hall–Kier alpha value is -0.610. The molecular weight excluding hydrogens is 204 g/mol. The van der Waals surface area contributed by atoms with Crippen LogP contribution in [-0.4, -0.2) is 32.2 Å². The number of nitrogens with two attached hydrogens (primary N) is 1.